The van der Waals surface area contributed by atoms with E-state index in [1.54, 1.807) is 24.3 Å². The molecular weight excluding hydrogens is 288 g/mol. The molecule has 2 aromatic rings. The summed E-state index contributed by atoms with van der Waals surface area (Å²) in [5, 5.41) is 5.63. The number of para-hydroxylation sites is 1. The van der Waals surface area contributed by atoms with E-state index in [-0.39, 0.29) is 5.56 Å². The number of rotatable bonds is 1. The molecule has 0 N–H and O–H groups in total. The highest BCUT2D eigenvalue weighted by molar-refractivity contribution is 6.31. The van der Waals surface area contributed by atoms with Gasteiger partial charge < -0.3 is 4.42 Å². The molecule has 0 spiro atoms. The molecule has 0 atom stereocenters. The molecule has 0 aliphatic carbocycles. The molecule has 2 aliphatic heterocycles. The first-order valence-electron chi connectivity index (χ1n) is 6.40. The maximum absolute atomic E-state index is 12.5. The van der Waals surface area contributed by atoms with Crippen LogP contribution in [0.4, 0.5) is 0 Å². The Labute approximate surface area is 124 Å². The van der Waals surface area contributed by atoms with Gasteiger partial charge in [0.05, 0.1) is 5.69 Å². The van der Waals surface area contributed by atoms with Crippen LogP contribution in [-0.2, 0) is 0 Å². The third-order valence-corrected chi connectivity index (χ3v) is 3.56. The zero-order valence-corrected chi connectivity index (χ0v) is 11.5. The second kappa shape index (κ2) is 4.46. The molecule has 0 aromatic heterocycles. The minimum Gasteiger partial charge on any atom is -0.436 e. The monoisotopic (exact) mass is 296 g/mol. The number of hydrogen-bond donors (Lipinski definition) is 0. The molecule has 0 fully saturated rings. The van der Waals surface area contributed by atoms with E-state index in [1.807, 2.05) is 30.3 Å². The Bertz CT molecular complexity index is 973. The molecule has 4 rings (SSSR count). The van der Waals surface area contributed by atoms with Crippen LogP contribution in [0.25, 0.3) is 28.1 Å². The van der Waals surface area contributed by atoms with Crippen LogP contribution in [0.1, 0.15) is 0 Å². The first-order valence-corrected chi connectivity index (χ1v) is 6.78. The number of benzene rings is 2. The summed E-state index contributed by atoms with van der Waals surface area (Å²) in [6, 6.07) is 16.3. The minimum absolute atomic E-state index is 0.207. The molecule has 2 heterocycles. The average Bonchev–Trinajstić information content (AvgIpc) is 2.83. The number of fused-ring (bicyclic) bond motifs is 2. The highest BCUT2D eigenvalue weighted by Crippen LogP contribution is 2.27. The third kappa shape index (κ3) is 1.92. The molecule has 0 bridgehead atoms. The summed E-state index contributed by atoms with van der Waals surface area (Å²) in [6.07, 6.45) is 0. The first-order chi connectivity index (χ1) is 10.2. The summed E-state index contributed by atoms with van der Waals surface area (Å²) in [7, 11) is 0. The predicted molar refractivity (Wildman–Crippen MR) is 81.2 cm³/mol. The second-order valence-electron chi connectivity index (χ2n) is 4.70. The molecule has 0 amide bonds. The molecule has 2 aromatic carbocycles. The van der Waals surface area contributed by atoms with Gasteiger partial charge in [0.1, 0.15) is 11.1 Å². The number of hydrogen-bond acceptors (Lipinski definition) is 3. The number of nitrogens with zero attached hydrogens (tertiary/aromatic N) is 2. The van der Waals surface area contributed by atoms with Crippen molar-refractivity contribution in [1.82, 2.24) is 9.78 Å². The van der Waals surface area contributed by atoms with Gasteiger partial charge >= 0.3 is 0 Å². The lowest BCUT2D eigenvalue weighted by atomic mass is 10.2. The lowest BCUT2D eigenvalue weighted by Gasteiger charge is -2.00. The fourth-order valence-electron chi connectivity index (χ4n) is 2.32. The van der Waals surface area contributed by atoms with Crippen LogP contribution < -0.4 is 5.56 Å². The molecule has 21 heavy (non-hydrogen) atoms. The SMILES string of the molecule is O=c1c2cc3cc(Cl)ccc3oc-2nn1-c1ccccc1. The molecule has 0 saturated carbocycles. The van der Waals surface area contributed by atoms with Gasteiger partial charge in [-0.05, 0) is 36.4 Å². The lowest BCUT2D eigenvalue weighted by Crippen LogP contribution is -2.14. The summed E-state index contributed by atoms with van der Waals surface area (Å²) in [4.78, 5) is 12.5. The number of aromatic nitrogens is 2. The molecule has 0 saturated heterocycles. The van der Waals surface area contributed by atoms with E-state index in [0.29, 0.717) is 27.7 Å². The van der Waals surface area contributed by atoms with Gasteiger partial charge in [0.2, 0.25) is 5.89 Å². The van der Waals surface area contributed by atoms with Crippen molar-refractivity contribution in [3.05, 3.63) is 70.0 Å². The quantitative estimate of drug-likeness (QED) is 0.537. The van der Waals surface area contributed by atoms with Gasteiger partial charge in [-0.1, -0.05) is 29.8 Å². The predicted octanol–water partition coefficient (Wildman–Crippen LogP) is 3.74. The summed E-state index contributed by atoms with van der Waals surface area (Å²) in [5.74, 6) is 0.318. The van der Waals surface area contributed by atoms with E-state index in [0.717, 1.165) is 5.39 Å². The van der Waals surface area contributed by atoms with Gasteiger partial charge in [-0.2, -0.15) is 4.68 Å². The van der Waals surface area contributed by atoms with E-state index in [4.69, 9.17) is 16.0 Å². The van der Waals surface area contributed by atoms with Crippen LogP contribution in [0, 0.1) is 0 Å². The molecule has 0 radical (unpaired) electrons. The van der Waals surface area contributed by atoms with Crippen molar-refractivity contribution in [2.45, 2.75) is 0 Å². The summed E-state index contributed by atoms with van der Waals surface area (Å²) >= 11 is 5.97. The highest BCUT2D eigenvalue weighted by Gasteiger charge is 2.19. The summed E-state index contributed by atoms with van der Waals surface area (Å²) < 4.78 is 7.04. The molecular formula is C16H9ClN2O2. The Kier molecular flexibility index (Phi) is 2.59. The maximum atomic E-state index is 12.5. The van der Waals surface area contributed by atoms with E-state index >= 15 is 0 Å². The Balaban J connectivity index is 2.05. The van der Waals surface area contributed by atoms with Crippen molar-refractivity contribution in [3.63, 3.8) is 0 Å². The third-order valence-electron chi connectivity index (χ3n) is 3.32. The summed E-state index contributed by atoms with van der Waals surface area (Å²) in [6.45, 7) is 0. The van der Waals surface area contributed by atoms with Gasteiger partial charge in [-0.25, -0.2) is 0 Å². The maximum Gasteiger partial charge on any atom is 0.284 e. The normalized spacial score (nSPS) is 11.3. The fourth-order valence-corrected chi connectivity index (χ4v) is 2.50. The molecule has 4 nitrogen and oxygen atoms in total. The second-order valence-corrected chi connectivity index (χ2v) is 5.14. The van der Waals surface area contributed by atoms with Gasteiger partial charge in [0, 0.05) is 10.4 Å². The van der Waals surface area contributed by atoms with E-state index < -0.39 is 0 Å². The van der Waals surface area contributed by atoms with Crippen molar-refractivity contribution in [2.75, 3.05) is 0 Å². The Morgan fingerprint density at radius 3 is 2.67 bits per heavy atom. The van der Waals surface area contributed by atoms with E-state index in [1.165, 1.54) is 4.68 Å². The first kappa shape index (κ1) is 12.2. The van der Waals surface area contributed by atoms with Crippen molar-refractivity contribution in [1.29, 1.82) is 0 Å². The van der Waals surface area contributed by atoms with Gasteiger partial charge in [-0.3, -0.25) is 4.79 Å². The van der Waals surface area contributed by atoms with Gasteiger partial charge in [0.25, 0.3) is 5.56 Å². The molecule has 0 unspecified atom stereocenters. The van der Waals surface area contributed by atoms with Crippen molar-refractivity contribution >= 4 is 22.6 Å². The Hall–Kier alpha value is -2.59. The van der Waals surface area contributed by atoms with Crippen LogP contribution in [0.15, 0.2) is 63.8 Å². The van der Waals surface area contributed by atoms with Crippen LogP contribution in [0.2, 0.25) is 5.02 Å². The van der Waals surface area contributed by atoms with Gasteiger partial charge in [0.15, 0.2) is 0 Å². The van der Waals surface area contributed by atoms with Crippen molar-refractivity contribution in [2.24, 2.45) is 0 Å². The molecule has 5 heteroatoms. The number of halogens is 1. The zero-order valence-electron chi connectivity index (χ0n) is 10.8. The average molecular weight is 297 g/mol. The Morgan fingerprint density at radius 1 is 1.05 bits per heavy atom. The topological polar surface area (TPSA) is 48.0 Å². The molecule has 2 aliphatic rings. The van der Waals surface area contributed by atoms with Crippen molar-refractivity contribution in [3.8, 4) is 17.1 Å². The van der Waals surface area contributed by atoms with Crippen LogP contribution in [0.5, 0.6) is 0 Å². The standard InChI is InChI=1S/C16H9ClN2O2/c17-11-6-7-14-10(8-11)9-13-15(21-14)18-19(16(13)20)12-4-2-1-3-5-12/h1-9H. The largest absolute Gasteiger partial charge is 0.436 e. The van der Waals surface area contributed by atoms with Crippen LogP contribution >= 0.6 is 11.6 Å². The van der Waals surface area contributed by atoms with Crippen LogP contribution in [-0.4, -0.2) is 9.78 Å². The lowest BCUT2D eigenvalue weighted by molar-refractivity contribution is 0.591. The van der Waals surface area contributed by atoms with E-state index in [2.05, 4.69) is 5.10 Å². The van der Waals surface area contributed by atoms with Crippen LogP contribution in [0.3, 0.4) is 0 Å². The Morgan fingerprint density at radius 2 is 1.86 bits per heavy atom. The summed E-state index contributed by atoms with van der Waals surface area (Å²) in [5.41, 5.74) is 1.58. The van der Waals surface area contributed by atoms with E-state index in [9.17, 15) is 4.79 Å². The highest BCUT2D eigenvalue weighted by atomic mass is 35.5. The van der Waals surface area contributed by atoms with Crippen molar-refractivity contribution < 1.29 is 4.42 Å². The fraction of sp³-hybridized carbons (Fsp3) is 0. The molecule has 102 valence electrons. The smallest absolute Gasteiger partial charge is 0.284 e. The van der Waals surface area contributed by atoms with Gasteiger partial charge in [-0.15, -0.1) is 5.10 Å². The zero-order chi connectivity index (χ0) is 14.4. The minimum atomic E-state index is -0.207.